The van der Waals surface area contributed by atoms with Crippen molar-refractivity contribution in [3.63, 3.8) is 0 Å². The number of ketones is 1. The van der Waals surface area contributed by atoms with E-state index in [1.54, 1.807) is 0 Å². The van der Waals surface area contributed by atoms with Gasteiger partial charge in [0, 0.05) is 12.2 Å². The molecule has 20 heavy (non-hydrogen) atoms. The first-order chi connectivity index (χ1) is 9.73. The Morgan fingerprint density at radius 3 is 2.70 bits per heavy atom. The van der Waals surface area contributed by atoms with Crippen LogP contribution in [-0.2, 0) is 4.74 Å². The highest BCUT2D eigenvalue weighted by atomic mass is 16.5. The Labute approximate surface area is 120 Å². The van der Waals surface area contributed by atoms with Gasteiger partial charge in [-0.25, -0.2) is 0 Å². The number of ether oxygens (including phenoxy) is 2. The number of carbonyl (C=O) groups is 1. The largest absolute Gasteiger partial charge is 0.490 e. The van der Waals surface area contributed by atoms with Crippen LogP contribution < -0.4 is 4.74 Å². The Morgan fingerprint density at radius 1 is 1.30 bits per heavy atom. The van der Waals surface area contributed by atoms with E-state index in [0.29, 0.717) is 12.7 Å². The van der Waals surface area contributed by atoms with Crippen LogP contribution in [0.25, 0.3) is 0 Å². The number of hydrogen-bond donors (Lipinski definition) is 0. The van der Waals surface area contributed by atoms with Crippen LogP contribution in [0.3, 0.4) is 0 Å². The lowest BCUT2D eigenvalue weighted by atomic mass is 9.91. The maximum Gasteiger partial charge on any atom is 0.194 e. The normalized spacial score (nSPS) is 20.9. The van der Waals surface area contributed by atoms with Crippen molar-refractivity contribution in [2.75, 3.05) is 6.61 Å². The molecular weight excluding hydrogens is 252 g/mol. The number of rotatable bonds is 6. The summed E-state index contributed by atoms with van der Waals surface area (Å²) in [6, 6.07) is 7.58. The van der Waals surface area contributed by atoms with Crippen molar-refractivity contribution in [1.29, 1.82) is 0 Å². The molecule has 0 atom stereocenters. The molecule has 108 valence electrons. The van der Waals surface area contributed by atoms with Crippen molar-refractivity contribution in [1.82, 2.24) is 0 Å². The van der Waals surface area contributed by atoms with Crippen molar-refractivity contribution in [2.24, 2.45) is 0 Å². The molecule has 2 aliphatic rings. The second-order valence-electron chi connectivity index (χ2n) is 5.81. The zero-order valence-corrected chi connectivity index (χ0v) is 12.1. The van der Waals surface area contributed by atoms with Gasteiger partial charge in [0.15, 0.2) is 5.78 Å². The molecule has 3 heteroatoms. The molecule has 0 heterocycles. The predicted octanol–water partition coefficient (Wildman–Crippen LogP) is 3.76. The predicted molar refractivity (Wildman–Crippen MR) is 77.2 cm³/mol. The van der Waals surface area contributed by atoms with Gasteiger partial charge in [-0.3, -0.25) is 4.79 Å². The Balaban J connectivity index is 1.81. The minimum absolute atomic E-state index is 0.123. The lowest BCUT2D eigenvalue weighted by Gasteiger charge is -2.27. The van der Waals surface area contributed by atoms with E-state index in [1.807, 2.05) is 31.2 Å². The van der Waals surface area contributed by atoms with Crippen LogP contribution in [0.4, 0.5) is 0 Å². The van der Waals surface area contributed by atoms with Gasteiger partial charge in [-0.1, -0.05) is 12.1 Å². The molecule has 3 rings (SSSR count). The highest BCUT2D eigenvalue weighted by Crippen LogP contribution is 2.37. The van der Waals surface area contributed by atoms with E-state index in [0.717, 1.165) is 49.8 Å². The van der Waals surface area contributed by atoms with Crippen LogP contribution in [0.5, 0.6) is 5.75 Å². The first-order valence-corrected chi connectivity index (χ1v) is 7.69. The summed E-state index contributed by atoms with van der Waals surface area (Å²) in [5.41, 5.74) is 0.131. The first-order valence-electron chi connectivity index (χ1n) is 7.69. The summed E-state index contributed by atoms with van der Waals surface area (Å²) in [6.45, 7) is 2.55. The lowest BCUT2D eigenvalue weighted by molar-refractivity contribution is -0.0163. The summed E-state index contributed by atoms with van der Waals surface area (Å²) >= 11 is 0. The van der Waals surface area contributed by atoms with Crippen molar-refractivity contribution < 1.29 is 14.3 Å². The zero-order chi connectivity index (χ0) is 14.0. The monoisotopic (exact) mass is 274 g/mol. The molecule has 2 aliphatic carbocycles. The Kier molecular flexibility index (Phi) is 3.79. The lowest BCUT2D eigenvalue weighted by Crippen LogP contribution is -2.38. The Morgan fingerprint density at radius 2 is 2.05 bits per heavy atom. The average molecular weight is 274 g/mol. The van der Waals surface area contributed by atoms with Gasteiger partial charge < -0.3 is 9.47 Å². The fourth-order valence-corrected chi connectivity index (χ4v) is 3.01. The summed E-state index contributed by atoms with van der Waals surface area (Å²) in [6.07, 6.45) is 6.43. The van der Waals surface area contributed by atoms with Gasteiger partial charge in [0.05, 0.1) is 6.10 Å². The van der Waals surface area contributed by atoms with Crippen molar-refractivity contribution in [3.05, 3.63) is 29.8 Å². The van der Waals surface area contributed by atoms with Crippen LogP contribution in [0.1, 0.15) is 55.8 Å². The molecule has 0 N–H and O–H groups in total. The van der Waals surface area contributed by atoms with Gasteiger partial charge in [0.25, 0.3) is 0 Å². The third-order valence-electron chi connectivity index (χ3n) is 4.17. The minimum Gasteiger partial charge on any atom is -0.490 e. The van der Waals surface area contributed by atoms with Crippen molar-refractivity contribution in [2.45, 2.75) is 57.2 Å². The fraction of sp³-hybridized carbons (Fsp3) is 0.588. The molecule has 0 spiro atoms. The summed E-state index contributed by atoms with van der Waals surface area (Å²) in [5, 5.41) is 0. The third-order valence-corrected chi connectivity index (χ3v) is 4.17. The molecule has 0 aliphatic heterocycles. The molecule has 2 fully saturated rings. The highest BCUT2D eigenvalue weighted by molar-refractivity contribution is 6.03. The molecular formula is C17H22O3. The molecule has 0 aromatic heterocycles. The smallest absolute Gasteiger partial charge is 0.194 e. The fourth-order valence-electron chi connectivity index (χ4n) is 3.01. The van der Waals surface area contributed by atoms with Crippen molar-refractivity contribution >= 4 is 5.78 Å². The molecule has 0 saturated heterocycles. The van der Waals surface area contributed by atoms with E-state index in [2.05, 4.69) is 0 Å². The van der Waals surface area contributed by atoms with Crippen LogP contribution in [0, 0.1) is 0 Å². The first kappa shape index (κ1) is 13.6. The number of carbonyl (C=O) groups excluding carboxylic acids is 1. The molecule has 0 bridgehead atoms. The Hall–Kier alpha value is -1.35. The van der Waals surface area contributed by atoms with Gasteiger partial charge in [-0.15, -0.1) is 0 Å². The summed E-state index contributed by atoms with van der Waals surface area (Å²) in [4.78, 5) is 12.8. The maximum absolute atomic E-state index is 12.8. The molecule has 1 aromatic carbocycles. The van der Waals surface area contributed by atoms with E-state index < -0.39 is 5.60 Å². The van der Waals surface area contributed by atoms with E-state index in [4.69, 9.17) is 9.47 Å². The van der Waals surface area contributed by atoms with E-state index >= 15 is 0 Å². The second kappa shape index (κ2) is 5.57. The zero-order valence-electron chi connectivity index (χ0n) is 12.1. The SMILES string of the molecule is CCOC1(C(=O)c2cccc(OC3CC3)c2)CCCC1. The molecule has 0 amide bonds. The minimum atomic E-state index is -0.590. The van der Waals surface area contributed by atoms with Crippen LogP contribution in [-0.4, -0.2) is 24.1 Å². The number of hydrogen-bond acceptors (Lipinski definition) is 3. The number of Topliss-reactive ketones (excluding diaryl/α,β-unsaturated/α-hetero) is 1. The van der Waals surface area contributed by atoms with Crippen LogP contribution in [0.2, 0.25) is 0 Å². The molecule has 3 nitrogen and oxygen atoms in total. The van der Waals surface area contributed by atoms with Gasteiger partial charge in [-0.2, -0.15) is 0 Å². The number of benzene rings is 1. The van der Waals surface area contributed by atoms with Gasteiger partial charge >= 0.3 is 0 Å². The summed E-state index contributed by atoms with van der Waals surface area (Å²) < 4.78 is 11.6. The maximum atomic E-state index is 12.8. The molecule has 0 unspecified atom stereocenters. The third kappa shape index (κ3) is 2.73. The highest BCUT2D eigenvalue weighted by Gasteiger charge is 2.42. The van der Waals surface area contributed by atoms with E-state index in [-0.39, 0.29) is 5.78 Å². The molecule has 2 saturated carbocycles. The topological polar surface area (TPSA) is 35.5 Å². The van der Waals surface area contributed by atoms with Crippen LogP contribution >= 0.6 is 0 Å². The second-order valence-corrected chi connectivity index (χ2v) is 5.81. The van der Waals surface area contributed by atoms with Gasteiger partial charge in [-0.05, 0) is 57.6 Å². The van der Waals surface area contributed by atoms with Crippen LogP contribution in [0.15, 0.2) is 24.3 Å². The molecule has 0 radical (unpaired) electrons. The van der Waals surface area contributed by atoms with Crippen molar-refractivity contribution in [3.8, 4) is 5.75 Å². The molecule has 1 aromatic rings. The quantitative estimate of drug-likeness (QED) is 0.741. The summed E-state index contributed by atoms with van der Waals surface area (Å²) in [5.74, 6) is 0.932. The summed E-state index contributed by atoms with van der Waals surface area (Å²) in [7, 11) is 0. The Bertz CT molecular complexity index is 485. The van der Waals surface area contributed by atoms with E-state index in [9.17, 15) is 4.79 Å². The van der Waals surface area contributed by atoms with Gasteiger partial charge in [0.1, 0.15) is 11.4 Å². The van der Waals surface area contributed by atoms with Gasteiger partial charge in [0.2, 0.25) is 0 Å². The van der Waals surface area contributed by atoms with E-state index in [1.165, 1.54) is 0 Å². The standard InChI is InChI=1S/C17H22O3/c1-2-19-17(10-3-4-11-17)16(18)13-6-5-7-15(12-13)20-14-8-9-14/h5-7,12,14H,2-4,8-11H2,1H3. The average Bonchev–Trinajstić information content (AvgIpc) is 3.14.